The molecule has 0 spiro atoms. The average Bonchev–Trinajstić information content (AvgIpc) is 2.14. The summed E-state index contributed by atoms with van der Waals surface area (Å²) in [4.78, 5) is 7.94. The topological polar surface area (TPSA) is 25.8 Å². The van der Waals surface area contributed by atoms with Crippen molar-refractivity contribution in [2.45, 2.75) is 19.8 Å². The lowest BCUT2D eigenvalue weighted by Gasteiger charge is -2.04. The van der Waals surface area contributed by atoms with Gasteiger partial charge in [-0.3, -0.25) is 0 Å². The number of aromatic nitrogens is 2. The van der Waals surface area contributed by atoms with Crippen LogP contribution in [-0.4, -0.2) is 9.97 Å². The van der Waals surface area contributed by atoms with E-state index in [4.69, 9.17) is 11.6 Å². The fourth-order valence-electron chi connectivity index (χ4n) is 1.00. The van der Waals surface area contributed by atoms with Crippen molar-refractivity contribution < 1.29 is 0 Å². The Bertz CT molecular complexity index is 286. The van der Waals surface area contributed by atoms with Gasteiger partial charge in [-0.25, -0.2) is 9.97 Å². The van der Waals surface area contributed by atoms with E-state index in [2.05, 4.69) is 23.5 Å². The summed E-state index contributed by atoms with van der Waals surface area (Å²) < 4.78 is 0. The first-order valence-electron chi connectivity index (χ1n) is 4.31. The molecule has 0 aliphatic heterocycles. The van der Waals surface area contributed by atoms with Gasteiger partial charge in [0.25, 0.3) is 0 Å². The second-order valence-corrected chi connectivity index (χ2v) is 3.47. The van der Waals surface area contributed by atoms with Crippen LogP contribution in [0.15, 0.2) is 25.0 Å². The van der Waals surface area contributed by atoms with Gasteiger partial charge in [-0.2, -0.15) is 0 Å². The molecule has 1 atom stereocenters. The summed E-state index contributed by atoms with van der Waals surface area (Å²) in [5.74, 6) is 0.522. The van der Waals surface area contributed by atoms with E-state index in [0.29, 0.717) is 11.1 Å². The Balaban J connectivity index is 2.49. The first kappa shape index (κ1) is 10.2. The Morgan fingerprint density at radius 1 is 1.62 bits per heavy atom. The summed E-state index contributed by atoms with van der Waals surface area (Å²) in [7, 11) is 0. The van der Waals surface area contributed by atoms with Gasteiger partial charge in [-0.05, 0) is 24.8 Å². The summed E-state index contributed by atoms with van der Waals surface area (Å²) in [5, 5.41) is 0.510. The molecule has 1 aromatic heterocycles. The lowest BCUT2D eigenvalue weighted by Crippen LogP contribution is -1.96. The molecule has 3 heteroatoms. The largest absolute Gasteiger partial charge is 0.241 e. The van der Waals surface area contributed by atoms with E-state index >= 15 is 0 Å². The van der Waals surface area contributed by atoms with Crippen molar-refractivity contribution in [3.8, 4) is 0 Å². The standard InChI is InChI=1S/C10H13ClN2/c1-3-8(2)4-5-9-6-10(11)13-7-12-9/h3,6-8H,1,4-5H2,2H3. The van der Waals surface area contributed by atoms with Crippen molar-refractivity contribution in [1.82, 2.24) is 9.97 Å². The van der Waals surface area contributed by atoms with E-state index in [-0.39, 0.29) is 0 Å². The van der Waals surface area contributed by atoms with Crippen LogP contribution >= 0.6 is 11.6 Å². The van der Waals surface area contributed by atoms with Crippen LogP contribution in [0.1, 0.15) is 19.0 Å². The van der Waals surface area contributed by atoms with Gasteiger partial charge in [0.2, 0.25) is 0 Å². The van der Waals surface area contributed by atoms with Crippen LogP contribution in [0.25, 0.3) is 0 Å². The fraction of sp³-hybridized carbons (Fsp3) is 0.400. The molecule has 0 saturated carbocycles. The SMILES string of the molecule is C=CC(C)CCc1cc(Cl)ncn1. The lowest BCUT2D eigenvalue weighted by molar-refractivity contribution is 0.640. The Labute approximate surface area is 83.7 Å². The number of hydrogen-bond donors (Lipinski definition) is 0. The van der Waals surface area contributed by atoms with Crippen molar-refractivity contribution in [3.63, 3.8) is 0 Å². The van der Waals surface area contributed by atoms with Gasteiger partial charge < -0.3 is 0 Å². The molecule has 0 amide bonds. The van der Waals surface area contributed by atoms with Crippen LogP contribution in [0.2, 0.25) is 5.15 Å². The van der Waals surface area contributed by atoms with Crippen LogP contribution in [0.4, 0.5) is 0 Å². The quantitative estimate of drug-likeness (QED) is 0.547. The summed E-state index contributed by atoms with van der Waals surface area (Å²) in [6.07, 6.45) is 5.42. The molecule has 70 valence electrons. The predicted molar refractivity (Wildman–Crippen MR) is 54.7 cm³/mol. The highest BCUT2D eigenvalue weighted by Crippen LogP contribution is 2.10. The maximum atomic E-state index is 5.72. The summed E-state index contributed by atoms with van der Waals surface area (Å²) in [6, 6.07) is 1.80. The Morgan fingerprint density at radius 2 is 2.38 bits per heavy atom. The average molecular weight is 197 g/mol. The van der Waals surface area contributed by atoms with Gasteiger partial charge in [0.15, 0.2) is 0 Å². The third-order valence-corrected chi connectivity index (χ3v) is 2.16. The molecule has 13 heavy (non-hydrogen) atoms. The fourth-order valence-corrected chi connectivity index (χ4v) is 1.17. The number of aryl methyl sites for hydroxylation is 1. The van der Waals surface area contributed by atoms with Gasteiger partial charge in [-0.15, -0.1) is 6.58 Å². The Morgan fingerprint density at radius 3 is 3.00 bits per heavy atom. The molecule has 0 aliphatic carbocycles. The van der Waals surface area contributed by atoms with Crippen molar-refractivity contribution in [2.75, 3.05) is 0 Å². The number of nitrogens with zero attached hydrogens (tertiary/aromatic N) is 2. The third kappa shape index (κ3) is 3.55. The molecule has 0 aliphatic rings. The second-order valence-electron chi connectivity index (χ2n) is 3.08. The second kappa shape index (κ2) is 4.97. The Kier molecular flexibility index (Phi) is 3.90. The van der Waals surface area contributed by atoms with Gasteiger partial charge in [0, 0.05) is 5.69 Å². The molecule has 0 saturated heterocycles. The van der Waals surface area contributed by atoms with Crippen molar-refractivity contribution in [3.05, 3.63) is 35.9 Å². The van der Waals surface area contributed by atoms with Crippen molar-refractivity contribution in [1.29, 1.82) is 0 Å². The van der Waals surface area contributed by atoms with Gasteiger partial charge in [0.05, 0.1) is 0 Å². The molecule has 0 bridgehead atoms. The van der Waals surface area contributed by atoms with E-state index in [1.54, 1.807) is 6.07 Å². The van der Waals surface area contributed by atoms with Crippen LogP contribution in [0.3, 0.4) is 0 Å². The number of rotatable bonds is 4. The van der Waals surface area contributed by atoms with Crippen LogP contribution in [-0.2, 0) is 6.42 Å². The third-order valence-electron chi connectivity index (χ3n) is 1.95. The normalized spacial score (nSPS) is 12.5. The van der Waals surface area contributed by atoms with E-state index in [1.165, 1.54) is 6.33 Å². The van der Waals surface area contributed by atoms with Crippen LogP contribution in [0, 0.1) is 5.92 Å². The predicted octanol–water partition coefficient (Wildman–Crippen LogP) is 2.88. The maximum Gasteiger partial charge on any atom is 0.132 e. The summed E-state index contributed by atoms with van der Waals surface area (Å²) in [6.45, 7) is 5.87. The molecular formula is C10H13ClN2. The molecular weight excluding hydrogens is 184 g/mol. The zero-order valence-electron chi connectivity index (χ0n) is 7.70. The first-order chi connectivity index (χ1) is 6.22. The maximum absolute atomic E-state index is 5.72. The van der Waals surface area contributed by atoms with E-state index in [0.717, 1.165) is 18.5 Å². The molecule has 0 N–H and O–H groups in total. The highest BCUT2D eigenvalue weighted by Gasteiger charge is 2.00. The summed E-state index contributed by atoms with van der Waals surface area (Å²) in [5.41, 5.74) is 0.994. The molecule has 2 nitrogen and oxygen atoms in total. The first-order valence-corrected chi connectivity index (χ1v) is 4.69. The number of halogens is 1. The highest BCUT2D eigenvalue weighted by molar-refractivity contribution is 6.29. The molecule has 1 aromatic rings. The van der Waals surface area contributed by atoms with Crippen molar-refractivity contribution in [2.24, 2.45) is 5.92 Å². The molecule has 1 unspecified atom stereocenters. The number of allylic oxidation sites excluding steroid dienone is 1. The highest BCUT2D eigenvalue weighted by atomic mass is 35.5. The molecule has 0 radical (unpaired) electrons. The minimum Gasteiger partial charge on any atom is -0.241 e. The molecule has 0 aromatic carbocycles. The molecule has 1 rings (SSSR count). The van der Waals surface area contributed by atoms with Crippen molar-refractivity contribution >= 4 is 11.6 Å². The van der Waals surface area contributed by atoms with E-state index < -0.39 is 0 Å². The zero-order chi connectivity index (χ0) is 9.68. The van der Waals surface area contributed by atoms with Crippen LogP contribution in [0.5, 0.6) is 0 Å². The van der Waals surface area contributed by atoms with Gasteiger partial charge in [0.1, 0.15) is 11.5 Å². The smallest absolute Gasteiger partial charge is 0.132 e. The van der Waals surface area contributed by atoms with E-state index in [1.807, 2.05) is 6.08 Å². The molecule has 1 heterocycles. The van der Waals surface area contributed by atoms with E-state index in [9.17, 15) is 0 Å². The van der Waals surface area contributed by atoms with Gasteiger partial charge in [-0.1, -0.05) is 24.6 Å². The lowest BCUT2D eigenvalue weighted by atomic mass is 10.0. The molecule has 0 fully saturated rings. The van der Waals surface area contributed by atoms with Crippen LogP contribution < -0.4 is 0 Å². The van der Waals surface area contributed by atoms with Gasteiger partial charge >= 0.3 is 0 Å². The minimum atomic E-state index is 0.510. The zero-order valence-corrected chi connectivity index (χ0v) is 8.46. The summed E-state index contributed by atoms with van der Waals surface area (Å²) >= 11 is 5.72. The minimum absolute atomic E-state index is 0.510. The Hall–Kier alpha value is -0.890. The monoisotopic (exact) mass is 196 g/mol. The number of hydrogen-bond acceptors (Lipinski definition) is 2.